The monoisotopic (exact) mass is 157 g/mol. The fraction of sp³-hybridized carbons (Fsp3) is 0.250. The molecule has 0 unspecified atom stereocenters. The summed E-state index contributed by atoms with van der Waals surface area (Å²) >= 11 is 0. The van der Waals surface area contributed by atoms with Gasteiger partial charge in [0.05, 0.1) is 6.61 Å². The highest BCUT2D eigenvalue weighted by Gasteiger charge is 1.83. The molecule has 0 N–H and O–H groups in total. The van der Waals surface area contributed by atoms with Crippen LogP contribution in [0.1, 0.15) is 6.92 Å². The highest BCUT2D eigenvalue weighted by atomic mass is 35.5. The summed E-state index contributed by atoms with van der Waals surface area (Å²) < 4.78 is 5.21. The molecule has 2 heteroatoms. The topological polar surface area (TPSA) is 9.23 Å². The number of para-hydroxylation sites is 1. The van der Waals surface area contributed by atoms with Crippen molar-refractivity contribution in [1.29, 1.82) is 0 Å². The summed E-state index contributed by atoms with van der Waals surface area (Å²) in [5, 5.41) is 0. The lowest BCUT2D eigenvalue weighted by atomic mass is 10.3. The highest BCUT2D eigenvalue weighted by Crippen LogP contribution is 2.06. The van der Waals surface area contributed by atoms with E-state index in [4.69, 9.17) is 4.74 Å². The molecule has 0 amide bonds. The molecule has 1 nitrogen and oxygen atoms in total. The molecule has 0 atom stereocenters. The van der Waals surface area contributed by atoms with Crippen molar-refractivity contribution in [2.45, 2.75) is 6.92 Å². The number of ether oxygens (including phenoxy) is 1. The van der Waals surface area contributed by atoms with E-state index in [0.29, 0.717) is 0 Å². The molecule has 0 aliphatic rings. The van der Waals surface area contributed by atoms with Gasteiger partial charge in [0.15, 0.2) is 0 Å². The van der Waals surface area contributed by atoms with Crippen molar-refractivity contribution < 1.29 is 17.1 Å². The first-order valence-corrected chi connectivity index (χ1v) is 3.11. The quantitative estimate of drug-likeness (QED) is 0.540. The zero-order valence-electron chi connectivity index (χ0n) is 5.88. The summed E-state index contributed by atoms with van der Waals surface area (Å²) in [5.74, 6) is 0.944. The van der Waals surface area contributed by atoms with Crippen molar-refractivity contribution in [2.75, 3.05) is 6.61 Å². The van der Waals surface area contributed by atoms with Crippen LogP contribution in [0.25, 0.3) is 0 Å². The third-order valence-corrected chi connectivity index (χ3v) is 1.05. The molecule has 10 heavy (non-hydrogen) atoms. The van der Waals surface area contributed by atoms with E-state index in [-0.39, 0.29) is 12.4 Å². The Kier molecular flexibility index (Phi) is 4.77. The van der Waals surface area contributed by atoms with Crippen molar-refractivity contribution in [3.63, 3.8) is 0 Å². The van der Waals surface area contributed by atoms with E-state index in [9.17, 15) is 0 Å². The first-order chi connectivity index (χ1) is 4.43. The molecule has 0 heterocycles. The summed E-state index contributed by atoms with van der Waals surface area (Å²) in [4.78, 5) is 0. The van der Waals surface area contributed by atoms with Crippen LogP contribution in [0.2, 0.25) is 0 Å². The van der Waals surface area contributed by atoms with Crippen LogP contribution in [0.15, 0.2) is 30.3 Å². The molecule has 1 aromatic carbocycles. The van der Waals surface area contributed by atoms with Crippen LogP contribution in [0.5, 0.6) is 5.75 Å². The second kappa shape index (κ2) is 5.12. The maximum atomic E-state index is 5.21. The minimum absolute atomic E-state index is 0. The molecule has 0 saturated heterocycles. The van der Waals surface area contributed by atoms with Crippen LogP contribution in [0.4, 0.5) is 0 Å². The minimum Gasteiger partial charge on any atom is -1.00 e. The number of rotatable bonds is 2. The van der Waals surface area contributed by atoms with Crippen LogP contribution in [-0.4, -0.2) is 6.61 Å². The number of hydrogen-bond donors (Lipinski definition) is 0. The molecule has 0 spiro atoms. The number of benzene rings is 1. The molecule has 0 radical (unpaired) electrons. The predicted octanol–water partition coefficient (Wildman–Crippen LogP) is -0.911. The van der Waals surface area contributed by atoms with Crippen molar-refractivity contribution in [1.82, 2.24) is 0 Å². The van der Waals surface area contributed by atoms with Gasteiger partial charge >= 0.3 is 0 Å². The number of halogens is 1. The van der Waals surface area contributed by atoms with E-state index >= 15 is 0 Å². The maximum Gasteiger partial charge on any atom is 0.119 e. The molecular formula is C8H10ClO-. The van der Waals surface area contributed by atoms with Crippen molar-refractivity contribution in [3.05, 3.63) is 30.3 Å². The van der Waals surface area contributed by atoms with Crippen LogP contribution >= 0.6 is 0 Å². The fourth-order valence-electron chi connectivity index (χ4n) is 0.683. The van der Waals surface area contributed by atoms with Gasteiger partial charge in [-0.2, -0.15) is 0 Å². The Bertz CT molecular complexity index is 162. The van der Waals surface area contributed by atoms with Gasteiger partial charge in [-0.05, 0) is 19.1 Å². The Morgan fingerprint density at radius 1 is 1.20 bits per heavy atom. The van der Waals surface area contributed by atoms with E-state index in [0.717, 1.165) is 12.4 Å². The van der Waals surface area contributed by atoms with Crippen LogP contribution in [0.3, 0.4) is 0 Å². The first-order valence-electron chi connectivity index (χ1n) is 3.11. The second-order valence-electron chi connectivity index (χ2n) is 1.75. The SMILES string of the molecule is CCOc1ccccc1.[Cl-]. The Labute approximate surface area is 67.4 Å². The molecule has 0 aliphatic carbocycles. The second-order valence-corrected chi connectivity index (χ2v) is 1.75. The van der Waals surface area contributed by atoms with E-state index in [2.05, 4.69) is 0 Å². The Morgan fingerprint density at radius 2 is 1.80 bits per heavy atom. The van der Waals surface area contributed by atoms with Crippen molar-refractivity contribution in [3.8, 4) is 5.75 Å². The standard InChI is InChI=1S/C8H10O.ClH/c1-2-9-8-6-4-3-5-7-8;/h3-7H,2H2,1H3;1H/p-1. The highest BCUT2D eigenvalue weighted by molar-refractivity contribution is 5.20. The van der Waals surface area contributed by atoms with E-state index < -0.39 is 0 Å². The van der Waals surface area contributed by atoms with Crippen molar-refractivity contribution >= 4 is 0 Å². The lowest BCUT2D eigenvalue weighted by Gasteiger charge is -1.99. The summed E-state index contributed by atoms with van der Waals surface area (Å²) in [5.41, 5.74) is 0. The largest absolute Gasteiger partial charge is 1.00 e. The van der Waals surface area contributed by atoms with Crippen molar-refractivity contribution in [2.24, 2.45) is 0 Å². The van der Waals surface area contributed by atoms with Gasteiger partial charge in [0.2, 0.25) is 0 Å². The summed E-state index contributed by atoms with van der Waals surface area (Å²) in [6, 6.07) is 9.80. The van der Waals surface area contributed by atoms with Gasteiger partial charge < -0.3 is 17.1 Å². The Balaban J connectivity index is 0.000000810. The van der Waals surface area contributed by atoms with Crippen LogP contribution in [-0.2, 0) is 0 Å². The zero-order valence-corrected chi connectivity index (χ0v) is 6.64. The lowest BCUT2D eigenvalue weighted by Crippen LogP contribution is -3.00. The normalized spacial score (nSPS) is 8.10. The fourth-order valence-corrected chi connectivity index (χ4v) is 0.683. The molecule has 56 valence electrons. The summed E-state index contributed by atoms with van der Waals surface area (Å²) in [7, 11) is 0. The smallest absolute Gasteiger partial charge is 0.119 e. The molecule has 0 fully saturated rings. The van der Waals surface area contributed by atoms with Gasteiger partial charge in [0.25, 0.3) is 0 Å². The number of hydrogen-bond acceptors (Lipinski definition) is 1. The van der Waals surface area contributed by atoms with Crippen LogP contribution in [0, 0.1) is 0 Å². The minimum atomic E-state index is 0. The summed E-state index contributed by atoms with van der Waals surface area (Å²) in [6.07, 6.45) is 0. The lowest BCUT2D eigenvalue weighted by molar-refractivity contribution is -0.00000244. The molecule has 0 saturated carbocycles. The van der Waals surface area contributed by atoms with Gasteiger partial charge in [-0.15, -0.1) is 0 Å². The van der Waals surface area contributed by atoms with E-state index in [1.165, 1.54) is 0 Å². The third-order valence-electron chi connectivity index (χ3n) is 1.05. The molecule has 0 aliphatic heterocycles. The van der Waals surface area contributed by atoms with Gasteiger partial charge in [-0.1, -0.05) is 18.2 Å². The van der Waals surface area contributed by atoms with Crippen LogP contribution < -0.4 is 17.1 Å². The first kappa shape index (κ1) is 9.31. The summed E-state index contributed by atoms with van der Waals surface area (Å²) in [6.45, 7) is 2.72. The Hall–Kier alpha value is -0.690. The predicted molar refractivity (Wildman–Crippen MR) is 37.6 cm³/mol. The van der Waals surface area contributed by atoms with Gasteiger partial charge in [-0.3, -0.25) is 0 Å². The molecule has 1 rings (SSSR count). The maximum absolute atomic E-state index is 5.21. The average Bonchev–Trinajstić information content (AvgIpc) is 1.91. The van der Waals surface area contributed by atoms with Gasteiger partial charge in [-0.25, -0.2) is 0 Å². The molecule has 0 aromatic heterocycles. The van der Waals surface area contributed by atoms with Gasteiger partial charge in [0, 0.05) is 0 Å². The average molecular weight is 158 g/mol. The van der Waals surface area contributed by atoms with E-state index in [1.807, 2.05) is 37.3 Å². The Morgan fingerprint density at radius 3 is 2.30 bits per heavy atom. The third kappa shape index (κ3) is 2.74. The zero-order chi connectivity index (χ0) is 6.53. The van der Waals surface area contributed by atoms with Gasteiger partial charge in [0.1, 0.15) is 5.75 Å². The molecule has 1 aromatic rings. The van der Waals surface area contributed by atoms with E-state index in [1.54, 1.807) is 0 Å². The molecular weight excluding hydrogens is 148 g/mol. The molecule has 0 bridgehead atoms.